The molecule has 8 heteroatoms. The first kappa shape index (κ1) is 18.3. The van der Waals surface area contributed by atoms with Crippen LogP contribution in [-0.4, -0.2) is 67.6 Å². The van der Waals surface area contributed by atoms with Gasteiger partial charge in [-0.25, -0.2) is 0 Å². The van der Waals surface area contributed by atoms with E-state index >= 15 is 0 Å². The molecule has 0 N–H and O–H groups in total. The normalized spacial score (nSPS) is 21.8. The monoisotopic (exact) mass is 353 g/mol. The fourth-order valence-corrected chi connectivity index (χ4v) is 3.36. The highest BCUT2D eigenvalue weighted by atomic mass is 16.5. The maximum atomic E-state index is 12.1. The van der Waals surface area contributed by atoms with E-state index in [9.17, 15) is 4.79 Å². The summed E-state index contributed by atoms with van der Waals surface area (Å²) in [4.78, 5) is 18.3. The molecule has 0 saturated carbocycles. The van der Waals surface area contributed by atoms with Crippen LogP contribution in [0.4, 0.5) is 0 Å². The van der Waals surface area contributed by atoms with Crippen LogP contribution in [0, 0.1) is 5.92 Å². The number of methoxy groups -OCH3 is 1. The lowest BCUT2D eigenvalue weighted by atomic mass is 10.0. The fraction of sp³-hybridized carbons (Fsp3) is 0.824. The Balaban J connectivity index is 1.44. The second-order valence-corrected chi connectivity index (χ2v) is 6.61. The third-order valence-electron chi connectivity index (χ3n) is 4.77. The number of aromatic nitrogens is 2. The van der Waals surface area contributed by atoms with Crippen molar-refractivity contribution in [3.8, 4) is 0 Å². The zero-order valence-electron chi connectivity index (χ0n) is 14.8. The van der Waals surface area contributed by atoms with Gasteiger partial charge in [0.2, 0.25) is 11.8 Å². The van der Waals surface area contributed by atoms with Crippen molar-refractivity contribution in [3.05, 3.63) is 11.7 Å². The number of amides is 1. The van der Waals surface area contributed by atoms with Gasteiger partial charge in [-0.05, 0) is 31.6 Å². The Morgan fingerprint density at radius 3 is 2.96 bits per heavy atom. The van der Waals surface area contributed by atoms with Gasteiger partial charge in [-0.3, -0.25) is 4.79 Å². The van der Waals surface area contributed by atoms with Crippen molar-refractivity contribution in [1.29, 1.82) is 0 Å². The van der Waals surface area contributed by atoms with E-state index in [2.05, 4.69) is 10.1 Å². The lowest BCUT2D eigenvalue weighted by molar-refractivity contribution is -0.136. The number of carbonyl (C=O) groups excluding carboxylic acids is 1. The summed E-state index contributed by atoms with van der Waals surface area (Å²) in [5.41, 5.74) is 0. The summed E-state index contributed by atoms with van der Waals surface area (Å²) < 4.78 is 21.4. The molecule has 1 amide bonds. The highest BCUT2D eigenvalue weighted by molar-refractivity contribution is 5.78. The van der Waals surface area contributed by atoms with Crippen molar-refractivity contribution in [3.63, 3.8) is 0 Å². The van der Waals surface area contributed by atoms with Crippen LogP contribution in [0.15, 0.2) is 4.52 Å². The number of ether oxygens (including phenoxy) is 3. The molecule has 1 atom stereocenters. The molecule has 2 aliphatic rings. The van der Waals surface area contributed by atoms with E-state index < -0.39 is 0 Å². The van der Waals surface area contributed by atoms with Gasteiger partial charge in [-0.1, -0.05) is 5.16 Å². The SMILES string of the molecule is COCC(=O)N1CCCC1c1nc(CCOCC2CCOCC2)no1. The maximum Gasteiger partial charge on any atom is 0.249 e. The van der Waals surface area contributed by atoms with Crippen LogP contribution in [0.5, 0.6) is 0 Å². The van der Waals surface area contributed by atoms with E-state index in [-0.39, 0.29) is 18.6 Å². The Bertz CT molecular complexity index is 544. The van der Waals surface area contributed by atoms with E-state index in [0.717, 1.165) is 45.5 Å². The van der Waals surface area contributed by atoms with Crippen molar-refractivity contribution in [2.45, 2.75) is 38.1 Å². The van der Waals surface area contributed by atoms with Gasteiger partial charge in [0.05, 0.1) is 6.61 Å². The number of likely N-dealkylation sites (tertiary alicyclic amines) is 1. The molecule has 140 valence electrons. The first-order valence-corrected chi connectivity index (χ1v) is 9.04. The number of nitrogens with zero attached hydrogens (tertiary/aromatic N) is 3. The van der Waals surface area contributed by atoms with Gasteiger partial charge in [0, 0.05) is 39.9 Å². The quantitative estimate of drug-likeness (QED) is 0.652. The van der Waals surface area contributed by atoms with Crippen molar-refractivity contribution in [2.75, 3.05) is 46.7 Å². The molecule has 2 aliphatic heterocycles. The molecule has 2 saturated heterocycles. The molecule has 0 bridgehead atoms. The molecule has 3 rings (SSSR count). The highest BCUT2D eigenvalue weighted by Gasteiger charge is 2.33. The summed E-state index contributed by atoms with van der Waals surface area (Å²) in [7, 11) is 1.52. The summed E-state index contributed by atoms with van der Waals surface area (Å²) in [6.45, 7) is 3.80. The molecule has 1 aromatic rings. The van der Waals surface area contributed by atoms with Gasteiger partial charge in [-0.2, -0.15) is 4.98 Å². The van der Waals surface area contributed by atoms with Crippen LogP contribution < -0.4 is 0 Å². The largest absolute Gasteiger partial charge is 0.381 e. The highest BCUT2D eigenvalue weighted by Crippen LogP contribution is 2.30. The van der Waals surface area contributed by atoms with E-state index in [0.29, 0.717) is 37.2 Å². The Labute approximate surface area is 147 Å². The Morgan fingerprint density at radius 2 is 2.16 bits per heavy atom. The predicted molar refractivity (Wildman–Crippen MR) is 87.9 cm³/mol. The Kier molecular flexibility index (Phi) is 6.77. The standard InChI is InChI=1S/C17H27N3O5/c1-22-12-16(21)20-7-2-3-14(20)17-18-15(19-25-17)6-10-24-11-13-4-8-23-9-5-13/h13-14H,2-12H2,1H3. The Hall–Kier alpha value is -1.51. The summed E-state index contributed by atoms with van der Waals surface area (Å²) in [5.74, 6) is 1.70. The average molecular weight is 353 g/mol. The van der Waals surface area contributed by atoms with Crippen LogP contribution in [-0.2, 0) is 25.4 Å². The number of hydrogen-bond acceptors (Lipinski definition) is 7. The third kappa shape index (κ3) is 4.99. The van der Waals surface area contributed by atoms with Gasteiger partial charge in [0.1, 0.15) is 12.6 Å². The maximum absolute atomic E-state index is 12.1. The van der Waals surface area contributed by atoms with Crippen molar-refractivity contribution in [2.24, 2.45) is 5.92 Å². The van der Waals surface area contributed by atoms with Gasteiger partial charge in [-0.15, -0.1) is 0 Å². The van der Waals surface area contributed by atoms with Gasteiger partial charge in [0.25, 0.3) is 0 Å². The molecule has 25 heavy (non-hydrogen) atoms. The van der Waals surface area contributed by atoms with Crippen LogP contribution >= 0.6 is 0 Å². The number of rotatable bonds is 8. The van der Waals surface area contributed by atoms with Crippen LogP contribution in [0.25, 0.3) is 0 Å². The molecule has 1 unspecified atom stereocenters. The molecule has 3 heterocycles. The molecular formula is C17H27N3O5. The minimum atomic E-state index is -0.132. The molecular weight excluding hydrogens is 326 g/mol. The first-order valence-electron chi connectivity index (χ1n) is 9.04. The van der Waals surface area contributed by atoms with Crippen LogP contribution in [0.3, 0.4) is 0 Å². The van der Waals surface area contributed by atoms with Crippen molar-refractivity contribution >= 4 is 5.91 Å². The van der Waals surface area contributed by atoms with Crippen LogP contribution in [0.1, 0.15) is 43.4 Å². The molecule has 0 aliphatic carbocycles. The van der Waals surface area contributed by atoms with Gasteiger partial charge >= 0.3 is 0 Å². The van der Waals surface area contributed by atoms with E-state index in [1.807, 2.05) is 0 Å². The average Bonchev–Trinajstić information content (AvgIpc) is 3.29. The number of carbonyl (C=O) groups is 1. The molecule has 2 fully saturated rings. The van der Waals surface area contributed by atoms with E-state index in [1.165, 1.54) is 7.11 Å². The smallest absolute Gasteiger partial charge is 0.249 e. The zero-order chi connectivity index (χ0) is 17.5. The predicted octanol–water partition coefficient (Wildman–Crippen LogP) is 1.37. The van der Waals surface area contributed by atoms with E-state index in [4.69, 9.17) is 18.7 Å². The second-order valence-electron chi connectivity index (χ2n) is 6.61. The molecule has 0 aromatic carbocycles. The number of hydrogen-bond donors (Lipinski definition) is 0. The molecule has 0 radical (unpaired) electrons. The van der Waals surface area contributed by atoms with Gasteiger partial charge < -0.3 is 23.6 Å². The topological polar surface area (TPSA) is 86.9 Å². The minimum absolute atomic E-state index is 0.0375. The van der Waals surface area contributed by atoms with Crippen molar-refractivity contribution < 1.29 is 23.5 Å². The summed E-state index contributed by atoms with van der Waals surface area (Å²) in [6.07, 6.45) is 4.54. The summed E-state index contributed by atoms with van der Waals surface area (Å²) in [6, 6.07) is -0.132. The fourth-order valence-electron chi connectivity index (χ4n) is 3.36. The second kappa shape index (κ2) is 9.26. The van der Waals surface area contributed by atoms with Gasteiger partial charge in [0.15, 0.2) is 5.82 Å². The minimum Gasteiger partial charge on any atom is -0.381 e. The van der Waals surface area contributed by atoms with Crippen LogP contribution in [0.2, 0.25) is 0 Å². The molecule has 1 aromatic heterocycles. The first-order chi connectivity index (χ1) is 12.3. The van der Waals surface area contributed by atoms with E-state index in [1.54, 1.807) is 4.90 Å². The summed E-state index contributed by atoms with van der Waals surface area (Å²) >= 11 is 0. The lowest BCUT2D eigenvalue weighted by Gasteiger charge is -2.21. The Morgan fingerprint density at radius 1 is 1.32 bits per heavy atom. The molecule has 8 nitrogen and oxygen atoms in total. The third-order valence-corrected chi connectivity index (χ3v) is 4.77. The zero-order valence-corrected chi connectivity index (χ0v) is 14.8. The van der Waals surface area contributed by atoms with Crippen molar-refractivity contribution in [1.82, 2.24) is 15.0 Å². The lowest BCUT2D eigenvalue weighted by Crippen LogP contribution is -2.33. The summed E-state index contributed by atoms with van der Waals surface area (Å²) in [5, 5.41) is 4.03. The molecule has 0 spiro atoms.